The summed E-state index contributed by atoms with van der Waals surface area (Å²) in [5.41, 5.74) is 2.62. The highest BCUT2D eigenvalue weighted by molar-refractivity contribution is 7.99. The summed E-state index contributed by atoms with van der Waals surface area (Å²) in [6.45, 7) is 2.31. The van der Waals surface area contributed by atoms with Gasteiger partial charge >= 0.3 is 0 Å². The van der Waals surface area contributed by atoms with E-state index in [9.17, 15) is 9.59 Å². The smallest absolute Gasteiger partial charge is 0.257 e. The Hall–Kier alpha value is -2.80. The van der Waals surface area contributed by atoms with Gasteiger partial charge in [0.1, 0.15) is 5.76 Å². The van der Waals surface area contributed by atoms with Gasteiger partial charge in [-0.3, -0.25) is 14.2 Å². The van der Waals surface area contributed by atoms with Crippen molar-refractivity contribution in [2.75, 3.05) is 5.75 Å². The zero-order chi connectivity index (χ0) is 21.3. The number of amides is 1. The van der Waals surface area contributed by atoms with Crippen LogP contribution < -0.4 is 10.9 Å². The van der Waals surface area contributed by atoms with Crippen LogP contribution in [0.5, 0.6) is 0 Å². The zero-order valence-electron chi connectivity index (χ0n) is 17.4. The van der Waals surface area contributed by atoms with Gasteiger partial charge in [0.2, 0.25) is 5.91 Å². The lowest BCUT2D eigenvalue weighted by Crippen LogP contribution is -2.25. The maximum absolute atomic E-state index is 12.8. The first-order chi connectivity index (χ1) is 14.5. The number of nitrogens with one attached hydrogen (secondary N) is 1. The molecule has 1 amide bonds. The van der Waals surface area contributed by atoms with E-state index in [1.165, 1.54) is 0 Å². The van der Waals surface area contributed by atoms with Gasteiger partial charge in [0, 0.05) is 36.9 Å². The lowest BCUT2D eigenvalue weighted by Gasteiger charge is -2.12. The van der Waals surface area contributed by atoms with E-state index in [0.29, 0.717) is 19.4 Å². The summed E-state index contributed by atoms with van der Waals surface area (Å²) < 4.78 is 6.83. The molecule has 3 rings (SSSR count). The van der Waals surface area contributed by atoms with E-state index in [2.05, 4.69) is 10.3 Å². The van der Waals surface area contributed by atoms with Crippen molar-refractivity contribution < 1.29 is 9.21 Å². The van der Waals surface area contributed by atoms with E-state index in [-0.39, 0.29) is 11.5 Å². The Morgan fingerprint density at radius 1 is 1.17 bits per heavy atom. The van der Waals surface area contributed by atoms with Crippen LogP contribution in [-0.4, -0.2) is 21.2 Å². The van der Waals surface area contributed by atoms with E-state index in [0.717, 1.165) is 46.3 Å². The number of rotatable bonds is 10. The Labute approximate surface area is 180 Å². The Bertz CT molecular complexity index is 1010. The molecule has 2 aromatic heterocycles. The Morgan fingerprint density at radius 3 is 2.70 bits per heavy atom. The van der Waals surface area contributed by atoms with E-state index in [4.69, 9.17) is 4.42 Å². The molecule has 0 spiro atoms. The minimum absolute atomic E-state index is 0.00570. The van der Waals surface area contributed by atoms with Gasteiger partial charge in [0.05, 0.1) is 12.8 Å². The number of benzene rings is 1. The van der Waals surface area contributed by atoms with Gasteiger partial charge in [-0.25, -0.2) is 4.98 Å². The summed E-state index contributed by atoms with van der Waals surface area (Å²) in [7, 11) is 1.77. The highest BCUT2D eigenvalue weighted by Crippen LogP contribution is 2.18. The van der Waals surface area contributed by atoms with Crippen LogP contribution in [0.4, 0.5) is 0 Å². The summed E-state index contributed by atoms with van der Waals surface area (Å²) in [5.74, 6) is 1.57. The number of furan rings is 1. The molecule has 3 aromatic rings. The molecular formula is C23H27N3O3S. The fraction of sp³-hybridized carbons (Fsp3) is 0.348. The van der Waals surface area contributed by atoms with Gasteiger partial charge in [-0.1, -0.05) is 42.1 Å². The number of hydrogen-bond donors (Lipinski definition) is 1. The molecule has 158 valence electrons. The molecule has 0 atom stereocenters. The number of aryl methyl sites for hydroxylation is 1. The van der Waals surface area contributed by atoms with Crippen LogP contribution in [0.1, 0.15) is 41.8 Å². The molecule has 1 aromatic carbocycles. The quantitative estimate of drug-likeness (QED) is 0.303. The molecule has 0 bridgehead atoms. The van der Waals surface area contributed by atoms with E-state index in [1.54, 1.807) is 35.7 Å². The van der Waals surface area contributed by atoms with Crippen molar-refractivity contribution in [1.82, 2.24) is 14.9 Å². The largest absolute Gasteiger partial charge is 0.467 e. The second-order valence-corrected chi connectivity index (χ2v) is 8.21. The van der Waals surface area contributed by atoms with Crippen LogP contribution in [0.25, 0.3) is 0 Å². The molecule has 6 nitrogen and oxygen atoms in total. The number of aromatic nitrogens is 2. The molecule has 1 N–H and O–H groups in total. The van der Waals surface area contributed by atoms with Crippen LogP contribution in [-0.2, 0) is 24.8 Å². The SMILES string of the molecule is Cc1nc(SCCCCC(=O)NCc2ccco2)n(C)c(=O)c1Cc1ccccc1. The number of carbonyl (C=O) groups is 1. The minimum atomic E-state index is 0.00570. The zero-order valence-corrected chi connectivity index (χ0v) is 18.2. The molecule has 0 radical (unpaired) electrons. The molecule has 7 heteroatoms. The van der Waals surface area contributed by atoms with Gasteiger partial charge < -0.3 is 9.73 Å². The van der Waals surface area contributed by atoms with Gasteiger partial charge in [0.25, 0.3) is 5.56 Å². The van der Waals surface area contributed by atoms with Crippen molar-refractivity contribution in [2.24, 2.45) is 7.05 Å². The van der Waals surface area contributed by atoms with Crippen molar-refractivity contribution in [3.8, 4) is 0 Å². The van der Waals surface area contributed by atoms with Crippen LogP contribution in [0, 0.1) is 6.92 Å². The molecule has 0 unspecified atom stereocenters. The summed E-state index contributed by atoms with van der Waals surface area (Å²) >= 11 is 1.56. The molecule has 0 aliphatic rings. The molecule has 2 heterocycles. The summed E-state index contributed by atoms with van der Waals surface area (Å²) in [6, 6.07) is 13.6. The fourth-order valence-corrected chi connectivity index (χ4v) is 4.11. The van der Waals surface area contributed by atoms with Crippen LogP contribution in [0.15, 0.2) is 63.1 Å². The van der Waals surface area contributed by atoms with E-state index >= 15 is 0 Å². The fourth-order valence-electron chi connectivity index (χ4n) is 3.10. The molecule has 0 saturated heterocycles. The monoisotopic (exact) mass is 425 g/mol. The van der Waals surface area contributed by atoms with Crippen LogP contribution in [0.3, 0.4) is 0 Å². The average Bonchev–Trinajstić information content (AvgIpc) is 3.27. The number of hydrogen-bond acceptors (Lipinski definition) is 5. The molecule has 0 aliphatic carbocycles. The number of unbranched alkanes of at least 4 members (excludes halogenated alkanes) is 1. The first kappa shape index (κ1) is 21.9. The standard InChI is InChI=1S/C23H27N3O3S/c1-17-20(15-18-9-4-3-5-10-18)22(28)26(2)23(25-17)30-14-7-6-12-21(27)24-16-19-11-8-13-29-19/h3-5,8-11,13H,6-7,12,14-16H2,1-2H3,(H,24,27). The lowest BCUT2D eigenvalue weighted by molar-refractivity contribution is -0.121. The van der Waals surface area contributed by atoms with Gasteiger partial charge in [-0.05, 0) is 37.5 Å². The third-order valence-electron chi connectivity index (χ3n) is 4.84. The third kappa shape index (κ3) is 6.10. The highest BCUT2D eigenvalue weighted by Gasteiger charge is 2.13. The van der Waals surface area contributed by atoms with E-state index < -0.39 is 0 Å². The number of thioether (sulfide) groups is 1. The second-order valence-electron chi connectivity index (χ2n) is 7.15. The summed E-state index contributed by atoms with van der Waals surface area (Å²) in [4.78, 5) is 29.4. The average molecular weight is 426 g/mol. The maximum Gasteiger partial charge on any atom is 0.257 e. The van der Waals surface area contributed by atoms with Crippen molar-refractivity contribution in [1.29, 1.82) is 0 Å². The summed E-state index contributed by atoms with van der Waals surface area (Å²) in [6.07, 6.45) is 4.32. The normalized spacial score (nSPS) is 10.9. The first-order valence-corrected chi connectivity index (χ1v) is 11.1. The second kappa shape index (κ2) is 10.8. The topological polar surface area (TPSA) is 77.1 Å². The van der Waals surface area contributed by atoms with Crippen molar-refractivity contribution in [3.63, 3.8) is 0 Å². The van der Waals surface area contributed by atoms with Gasteiger partial charge in [-0.2, -0.15) is 0 Å². The van der Waals surface area contributed by atoms with Crippen LogP contribution in [0.2, 0.25) is 0 Å². The minimum Gasteiger partial charge on any atom is -0.467 e. The van der Waals surface area contributed by atoms with Crippen molar-refractivity contribution in [3.05, 3.63) is 81.7 Å². The van der Waals surface area contributed by atoms with E-state index in [1.807, 2.05) is 43.3 Å². The number of carbonyl (C=O) groups excluding carboxylic acids is 1. The highest BCUT2D eigenvalue weighted by atomic mass is 32.2. The Balaban J connectivity index is 1.46. The summed E-state index contributed by atoms with van der Waals surface area (Å²) in [5, 5.41) is 3.57. The molecule has 0 aliphatic heterocycles. The predicted molar refractivity (Wildman–Crippen MR) is 119 cm³/mol. The predicted octanol–water partition coefficient (Wildman–Crippen LogP) is 3.85. The number of nitrogens with zero attached hydrogens (tertiary/aromatic N) is 2. The van der Waals surface area contributed by atoms with Crippen LogP contribution >= 0.6 is 11.8 Å². The third-order valence-corrected chi connectivity index (χ3v) is 5.96. The molecular weight excluding hydrogens is 398 g/mol. The Morgan fingerprint density at radius 2 is 1.97 bits per heavy atom. The molecule has 0 saturated carbocycles. The first-order valence-electron chi connectivity index (χ1n) is 10.1. The van der Waals surface area contributed by atoms with Gasteiger partial charge in [-0.15, -0.1) is 0 Å². The molecule has 30 heavy (non-hydrogen) atoms. The maximum atomic E-state index is 12.8. The Kier molecular flexibility index (Phi) is 7.90. The van der Waals surface area contributed by atoms with Gasteiger partial charge in [0.15, 0.2) is 5.16 Å². The van der Waals surface area contributed by atoms with Crippen molar-refractivity contribution in [2.45, 2.75) is 44.3 Å². The van der Waals surface area contributed by atoms with Crippen molar-refractivity contribution >= 4 is 17.7 Å². The lowest BCUT2D eigenvalue weighted by atomic mass is 10.1. The molecule has 0 fully saturated rings.